The van der Waals surface area contributed by atoms with E-state index in [1.807, 2.05) is 0 Å². The molecule has 9 heteroatoms. The SMILES string of the molecule is CO[C@@]1(C)C(n2cc3c4c(ncnc42)NC(=O)C=C3)O[C@H](CO)[C@H]1O. The minimum absolute atomic E-state index is 0.266. The maximum Gasteiger partial charge on any atom is 0.249 e. The summed E-state index contributed by atoms with van der Waals surface area (Å²) in [5, 5.41) is 23.4. The number of carbonyl (C=O) groups excluding carboxylic acids is 1. The van der Waals surface area contributed by atoms with Crippen molar-refractivity contribution in [2.24, 2.45) is 0 Å². The van der Waals surface area contributed by atoms with Crippen LogP contribution < -0.4 is 5.32 Å². The molecular formula is C16H18N4O5. The van der Waals surface area contributed by atoms with Crippen molar-refractivity contribution in [1.29, 1.82) is 0 Å². The molecule has 0 radical (unpaired) electrons. The molecule has 0 saturated carbocycles. The first-order chi connectivity index (χ1) is 12.0. The van der Waals surface area contributed by atoms with E-state index in [9.17, 15) is 15.0 Å². The number of ether oxygens (including phenoxy) is 2. The third-order valence-electron chi connectivity index (χ3n) is 4.90. The fourth-order valence-corrected chi connectivity index (χ4v) is 3.43. The first kappa shape index (κ1) is 16.2. The highest BCUT2D eigenvalue weighted by molar-refractivity contribution is 6.11. The van der Waals surface area contributed by atoms with Crippen molar-refractivity contribution in [1.82, 2.24) is 14.5 Å². The number of hydrogen-bond acceptors (Lipinski definition) is 7. The van der Waals surface area contributed by atoms with Crippen LogP contribution in [0.25, 0.3) is 17.1 Å². The largest absolute Gasteiger partial charge is 0.394 e. The Kier molecular flexibility index (Phi) is 3.62. The number of carbonyl (C=O) groups is 1. The maximum absolute atomic E-state index is 11.7. The van der Waals surface area contributed by atoms with Gasteiger partial charge in [0.1, 0.15) is 35.6 Å². The second-order valence-corrected chi connectivity index (χ2v) is 6.28. The minimum atomic E-state index is -1.08. The van der Waals surface area contributed by atoms with Crippen LogP contribution in [-0.2, 0) is 14.3 Å². The molecular weight excluding hydrogens is 328 g/mol. The first-order valence-corrected chi connectivity index (χ1v) is 7.83. The van der Waals surface area contributed by atoms with Crippen molar-refractivity contribution in [3.05, 3.63) is 24.2 Å². The van der Waals surface area contributed by atoms with Gasteiger partial charge in [-0.25, -0.2) is 9.97 Å². The Hall–Kier alpha value is -2.33. The summed E-state index contributed by atoms with van der Waals surface area (Å²) >= 11 is 0. The second kappa shape index (κ2) is 5.60. The highest BCUT2D eigenvalue weighted by Gasteiger charge is 2.54. The van der Waals surface area contributed by atoms with E-state index >= 15 is 0 Å². The summed E-state index contributed by atoms with van der Waals surface area (Å²) in [5.41, 5.74) is 0.192. The lowest BCUT2D eigenvalue weighted by Crippen LogP contribution is -2.46. The highest BCUT2D eigenvalue weighted by Crippen LogP contribution is 2.43. The van der Waals surface area contributed by atoms with E-state index in [0.717, 1.165) is 5.56 Å². The first-order valence-electron chi connectivity index (χ1n) is 7.83. The van der Waals surface area contributed by atoms with Crippen LogP contribution in [0.1, 0.15) is 18.7 Å². The summed E-state index contributed by atoms with van der Waals surface area (Å²) in [4.78, 5) is 20.2. The van der Waals surface area contributed by atoms with E-state index in [4.69, 9.17) is 9.47 Å². The molecule has 1 amide bonds. The predicted octanol–water partition coefficient (Wildman–Crippen LogP) is 0.0523. The zero-order valence-corrected chi connectivity index (χ0v) is 13.7. The van der Waals surface area contributed by atoms with Crippen molar-refractivity contribution >= 4 is 28.8 Å². The maximum atomic E-state index is 11.7. The number of methoxy groups -OCH3 is 1. The molecule has 2 aromatic heterocycles. The molecule has 4 atom stereocenters. The molecule has 25 heavy (non-hydrogen) atoms. The summed E-state index contributed by atoms with van der Waals surface area (Å²) in [5.74, 6) is 0.141. The molecule has 3 N–H and O–H groups in total. The Morgan fingerprint density at radius 3 is 2.96 bits per heavy atom. The molecule has 2 aliphatic heterocycles. The Morgan fingerprint density at radius 1 is 1.44 bits per heavy atom. The van der Waals surface area contributed by atoms with Crippen LogP contribution in [0.15, 0.2) is 18.6 Å². The third kappa shape index (κ3) is 2.20. The molecule has 0 aromatic carbocycles. The number of aromatic nitrogens is 3. The summed E-state index contributed by atoms with van der Waals surface area (Å²) in [6, 6.07) is 0. The second-order valence-electron chi connectivity index (χ2n) is 6.28. The average molecular weight is 346 g/mol. The zero-order valence-electron chi connectivity index (χ0n) is 13.7. The van der Waals surface area contributed by atoms with E-state index in [0.29, 0.717) is 16.9 Å². The van der Waals surface area contributed by atoms with E-state index in [2.05, 4.69) is 15.3 Å². The fraction of sp³-hybridized carbons (Fsp3) is 0.438. The van der Waals surface area contributed by atoms with Gasteiger partial charge in [0, 0.05) is 24.9 Å². The quantitative estimate of drug-likeness (QED) is 0.718. The van der Waals surface area contributed by atoms with E-state index in [-0.39, 0.29) is 12.5 Å². The summed E-state index contributed by atoms with van der Waals surface area (Å²) < 4.78 is 13.1. The van der Waals surface area contributed by atoms with Gasteiger partial charge in [0.15, 0.2) is 6.23 Å². The molecule has 132 valence electrons. The van der Waals surface area contributed by atoms with Crippen molar-refractivity contribution in [2.45, 2.75) is 31.0 Å². The lowest BCUT2D eigenvalue weighted by atomic mass is 9.96. The van der Waals surface area contributed by atoms with Crippen molar-refractivity contribution in [3.8, 4) is 0 Å². The van der Waals surface area contributed by atoms with Crippen molar-refractivity contribution in [2.75, 3.05) is 19.0 Å². The smallest absolute Gasteiger partial charge is 0.249 e. The number of aliphatic hydroxyl groups is 2. The van der Waals surface area contributed by atoms with Gasteiger partial charge in [-0.2, -0.15) is 0 Å². The van der Waals surface area contributed by atoms with Gasteiger partial charge < -0.3 is 29.6 Å². The molecule has 4 rings (SSSR count). The van der Waals surface area contributed by atoms with Crippen LogP contribution in [0.2, 0.25) is 0 Å². The number of hydrogen-bond donors (Lipinski definition) is 3. The Balaban J connectivity index is 1.91. The molecule has 2 aromatic rings. The number of anilines is 1. The Morgan fingerprint density at radius 2 is 2.24 bits per heavy atom. The van der Waals surface area contributed by atoms with Crippen LogP contribution in [0.4, 0.5) is 5.82 Å². The van der Waals surface area contributed by atoms with Gasteiger partial charge in [0.2, 0.25) is 5.91 Å². The Bertz CT molecular complexity index is 879. The summed E-state index contributed by atoms with van der Waals surface area (Å²) in [7, 11) is 1.48. The monoisotopic (exact) mass is 346 g/mol. The molecule has 1 unspecified atom stereocenters. The molecule has 2 aliphatic rings. The molecule has 1 fully saturated rings. The van der Waals surface area contributed by atoms with Gasteiger partial charge in [0.05, 0.1) is 12.0 Å². The minimum Gasteiger partial charge on any atom is -0.394 e. The number of aliphatic hydroxyl groups excluding tert-OH is 2. The van der Waals surface area contributed by atoms with Gasteiger partial charge in [-0.1, -0.05) is 0 Å². The van der Waals surface area contributed by atoms with E-state index in [1.165, 1.54) is 19.5 Å². The number of amides is 1. The van der Waals surface area contributed by atoms with Crippen LogP contribution >= 0.6 is 0 Å². The Labute approximate surface area is 142 Å². The molecule has 4 heterocycles. The van der Waals surface area contributed by atoms with Gasteiger partial charge >= 0.3 is 0 Å². The van der Waals surface area contributed by atoms with Gasteiger partial charge in [-0.15, -0.1) is 0 Å². The number of nitrogens with one attached hydrogen (secondary N) is 1. The lowest BCUT2D eigenvalue weighted by molar-refractivity contribution is -0.118. The normalized spacial score (nSPS) is 31.4. The number of rotatable bonds is 3. The van der Waals surface area contributed by atoms with Gasteiger partial charge in [-0.3, -0.25) is 4.79 Å². The average Bonchev–Trinajstić information content (AvgIpc) is 3.04. The molecule has 0 aliphatic carbocycles. The topological polar surface area (TPSA) is 119 Å². The van der Waals surface area contributed by atoms with Crippen molar-refractivity contribution < 1.29 is 24.5 Å². The van der Waals surface area contributed by atoms with Gasteiger partial charge in [0.25, 0.3) is 0 Å². The van der Waals surface area contributed by atoms with E-state index < -0.39 is 24.0 Å². The predicted molar refractivity (Wildman–Crippen MR) is 87.6 cm³/mol. The van der Waals surface area contributed by atoms with Crippen LogP contribution in [-0.4, -0.2) is 62.2 Å². The zero-order chi connectivity index (χ0) is 17.8. The summed E-state index contributed by atoms with van der Waals surface area (Å²) in [6.07, 6.45) is 3.70. The third-order valence-corrected chi connectivity index (χ3v) is 4.90. The highest BCUT2D eigenvalue weighted by atomic mass is 16.6. The van der Waals surface area contributed by atoms with Crippen LogP contribution in [0.3, 0.4) is 0 Å². The fourth-order valence-electron chi connectivity index (χ4n) is 3.43. The standard InChI is InChI=1S/C16H18N4O5/c1-16(24-2)12(23)9(6-21)25-15(16)20-5-8-3-4-10(22)19-13-11(8)14(20)18-7-17-13/h3-5,7,9,12,15,21,23H,6H2,1-2H3,(H,17,18,19,22)/t9-,12-,15?,16-/m1/s1. The van der Waals surface area contributed by atoms with Crippen LogP contribution in [0, 0.1) is 0 Å². The molecule has 0 bridgehead atoms. The summed E-state index contributed by atoms with van der Waals surface area (Å²) in [6.45, 7) is 1.38. The van der Waals surface area contributed by atoms with E-state index in [1.54, 1.807) is 23.8 Å². The molecule has 9 nitrogen and oxygen atoms in total. The number of nitrogens with zero attached hydrogens (tertiary/aromatic N) is 3. The molecule has 0 spiro atoms. The molecule has 1 saturated heterocycles. The van der Waals surface area contributed by atoms with Crippen LogP contribution in [0.5, 0.6) is 0 Å². The lowest BCUT2D eigenvalue weighted by Gasteiger charge is -2.31. The van der Waals surface area contributed by atoms with Gasteiger partial charge in [-0.05, 0) is 13.0 Å². The van der Waals surface area contributed by atoms with Crippen molar-refractivity contribution in [3.63, 3.8) is 0 Å².